The number of terminal acetylenes is 1. The van der Waals surface area contributed by atoms with Gasteiger partial charge in [-0.3, -0.25) is 19.2 Å². The third kappa shape index (κ3) is 9.83. The molecule has 0 heterocycles. The predicted molar refractivity (Wildman–Crippen MR) is 136 cm³/mol. The first kappa shape index (κ1) is 31.0. The predicted octanol–water partition coefficient (Wildman–Crippen LogP) is 1.39. The summed E-state index contributed by atoms with van der Waals surface area (Å²) in [5, 5.41) is 4.96. The van der Waals surface area contributed by atoms with Gasteiger partial charge in [0, 0.05) is 18.0 Å². The van der Waals surface area contributed by atoms with E-state index in [4.69, 9.17) is 16.9 Å². The van der Waals surface area contributed by atoms with Crippen molar-refractivity contribution in [2.45, 2.75) is 71.2 Å². The quantitative estimate of drug-likeness (QED) is 0.296. The van der Waals surface area contributed by atoms with Crippen molar-refractivity contribution < 1.29 is 33.4 Å². The third-order valence-corrected chi connectivity index (χ3v) is 5.05. The van der Waals surface area contributed by atoms with Crippen molar-refractivity contribution in [3.63, 3.8) is 0 Å². The Bertz CT molecular complexity index is 1040. The second kappa shape index (κ2) is 13.9. The van der Waals surface area contributed by atoms with Crippen LogP contribution in [0.3, 0.4) is 0 Å². The average molecular weight is 517 g/mol. The second-order valence-electron chi connectivity index (χ2n) is 9.47. The van der Waals surface area contributed by atoms with Crippen molar-refractivity contribution in [2.24, 2.45) is 5.73 Å². The number of carbonyl (C=O) groups excluding carboxylic acids is 5. The molecule has 0 radical (unpaired) electrons. The molecule has 0 aliphatic heterocycles. The Morgan fingerprint density at radius 1 is 1.14 bits per heavy atom. The van der Waals surface area contributed by atoms with Crippen LogP contribution in [0.25, 0.3) is 0 Å². The number of esters is 1. The van der Waals surface area contributed by atoms with E-state index < -0.39 is 60.1 Å². The number of nitrogens with zero attached hydrogens (tertiary/aromatic N) is 1. The van der Waals surface area contributed by atoms with Gasteiger partial charge in [-0.05, 0) is 52.7 Å². The van der Waals surface area contributed by atoms with Gasteiger partial charge in [0.15, 0.2) is 0 Å². The highest BCUT2D eigenvalue weighted by atomic mass is 16.6. The van der Waals surface area contributed by atoms with E-state index in [0.717, 1.165) is 0 Å². The molecule has 0 aliphatic rings. The smallest absolute Gasteiger partial charge is 0.408 e. The maximum Gasteiger partial charge on any atom is 0.408 e. The molecular formula is C26H36N4O7. The highest BCUT2D eigenvalue weighted by molar-refractivity contribution is 5.94. The molecule has 1 aromatic rings. The Balaban J connectivity index is 3.55. The lowest BCUT2D eigenvalue weighted by Gasteiger charge is -2.37. The van der Waals surface area contributed by atoms with Crippen molar-refractivity contribution in [1.29, 1.82) is 0 Å². The van der Waals surface area contributed by atoms with Crippen LogP contribution < -0.4 is 16.4 Å². The van der Waals surface area contributed by atoms with Gasteiger partial charge in [-0.15, -0.1) is 6.42 Å². The van der Waals surface area contributed by atoms with Gasteiger partial charge in [0.05, 0.1) is 7.11 Å². The number of methoxy groups -OCH3 is 1. The average Bonchev–Trinajstić information content (AvgIpc) is 2.81. The second-order valence-corrected chi connectivity index (χ2v) is 9.47. The fraction of sp³-hybridized carbons (Fsp3) is 0.500. The molecule has 37 heavy (non-hydrogen) atoms. The number of amides is 4. The molecule has 0 aliphatic carbocycles. The molecule has 4 amide bonds. The summed E-state index contributed by atoms with van der Waals surface area (Å²) in [5.41, 5.74) is 5.13. The van der Waals surface area contributed by atoms with Crippen LogP contribution in [-0.4, -0.2) is 66.0 Å². The summed E-state index contributed by atoms with van der Waals surface area (Å²) in [4.78, 5) is 64.2. The fourth-order valence-electron chi connectivity index (χ4n) is 3.47. The molecule has 202 valence electrons. The molecule has 0 bridgehead atoms. The summed E-state index contributed by atoms with van der Waals surface area (Å²) in [6, 6.07) is 3.44. The first-order valence-electron chi connectivity index (χ1n) is 11.7. The zero-order valence-electron chi connectivity index (χ0n) is 22.1. The van der Waals surface area contributed by atoms with E-state index in [2.05, 4.69) is 21.3 Å². The number of nitrogens with two attached hydrogens (primary N) is 1. The largest absolute Gasteiger partial charge is 0.468 e. The molecule has 0 saturated heterocycles. The first-order chi connectivity index (χ1) is 17.2. The van der Waals surface area contributed by atoms with Crippen LogP contribution in [0.15, 0.2) is 24.3 Å². The molecule has 0 aromatic heterocycles. The summed E-state index contributed by atoms with van der Waals surface area (Å²) in [7, 11) is 1.18. The third-order valence-electron chi connectivity index (χ3n) is 5.05. The summed E-state index contributed by atoms with van der Waals surface area (Å²) in [5.74, 6) is -0.226. The number of ether oxygens (including phenoxy) is 2. The Labute approximate surface area is 217 Å². The van der Waals surface area contributed by atoms with Gasteiger partial charge in [-0.25, -0.2) is 4.79 Å². The van der Waals surface area contributed by atoms with Crippen molar-refractivity contribution in [3.05, 3.63) is 35.4 Å². The van der Waals surface area contributed by atoms with Gasteiger partial charge in [-0.1, -0.05) is 24.1 Å². The number of primary amides is 1. The van der Waals surface area contributed by atoms with Crippen molar-refractivity contribution >= 4 is 29.8 Å². The lowest BCUT2D eigenvalue weighted by molar-refractivity contribution is -0.146. The Morgan fingerprint density at radius 2 is 1.76 bits per heavy atom. The summed E-state index contributed by atoms with van der Waals surface area (Å²) < 4.78 is 9.87. The van der Waals surface area contributed by atoms with E-state index in [0.29, 0.717) is 11.1 Å². The molecule has 4 N–H and O–H groups in total. The zero-order valence-corrected chi connectivity index (χ0v) is 22.1. The van der Waals surface area contributed by atoms with Crippen LogP contribution in [0.4, 0.5) is 4.79 Å². The van der Waals surface area contributed by atoms with E-state index in [-0.39, 0.29) is 12.8 Å². The van der Waals surface area contributed by atoms with Crippen molar-refractivity contribution in [1.82, 2.24) is 15.5 Å². The first-order valence-corrected chi connectivity index (χ1v) is 11.7. The number of hydrogen-bond donors (Lipinski definition) is 3. The van der Waals surface area contributed by atoms with E-state index in [1.807, 2.05) is 0 Å². The Hall–Kier alpha value is -4.07. The molecule has 0 spiro atoms. The zero-order chi connectivity index (χ0) is 28.3. The molecule has 0 fully saturated rings. The Kier molecular flexibility index (Phi) is 11.6. The van der Waals surface area contributed by atoms with Crippen molar-refractivity contribution in [3.8, 4) is 12.3 Å². The van der Waals surface area contributed by atoms with Crippen LogP contribution in [-0.2, 0) is 28.7 Å². The molecule has 0 saturated carbocycles. The normalized spacial score (nSPS) is 12.5. The fourth-order valence-corrected chi connectivity index (χ4v) is 3.47. The Morgan fingerprint density at radius 3 is 2.27 bits per heavy atom. The van der Waals surface area contributed by atoms with Gasteiger partial charge in [0.25, 0.3) is 0 Å². The number of alkyl carbamates (subject to hydrolysis) is 1. The monoisotopic (exact) mass is 516 g/mol. The maximum atomic E-state index is 13.9. The minimum absolute atomic E-state index is 0.135. The minimum Gasteiger partial charge on any atom is -0.468 e. The molecule has 1 rings (SSSR count). The standard InChI is InChI=1S/C26H36N4O7/c1-8-17-11-9-10-12-18(17)22(23(33)28-15-21(32)36-7)30(16(2)3)24(34)19(13-14-20(27)31)29-25(35)37-26(4,5)6/h1,9-12,16,19,22H,13-15H2,2-7H3,(H2,27,31)(H,28,33)(H,29,35). The van der Waals surface area contributed by atoms with Gasteiger partial charge in [0.1, 0.15) is 24.2 Å². The topological polar surface area (TPSA) is 157 Å². The van der Waals surface area contributed by atoms with E-state index in [9.17, 15) is 24.0 Å². The SMILES string of the molecule is C#Cc1ccccc1C(C(=O)NCC(=O)OC)N(C(=O)C(CCC(N)=O)NC(=O)OC(C)(C)C)C(C)C. The van der Waals surface area contributed by atoms with Gasteiger partial charge < -0.3 is 30.7 Å². The number of hydrogen-bond acceptors (Lipinski definition) is 7. The number of benzene rings is 1. The highest BCUT2D eigenvalue weighted by Crippen LogP contribution is 2.28. The van der Waals surface area contributed by atoms with Gasteiger partial charge in [-0.2, -0.15) is 0 Å². The van der Waals surface area contributed by atoms with Crippen LogP contribution in [0.5, 0.6) is 0 Å². The number of rotatable bonds is 11. The van der Waals surface area contributed by atoms with Gasteiger partial charge in [0.2, 0.25) is 17.7 Å². The molecule has 2 unspecified atom stereocenters. The van der Waals surface area contributed by atoms with Crippen LogP contribution in [0.2, 0.25) is 0 Å². The summed E-state index contributed by atoms with van der Waals surface area (Å²) >= 11 is 0. The highest BCUT2D eigenvalue weighted by Gasteiger charge is 2.38. The van der Waals surface area contributed by atoms with Gasteiger partial charge >= 0.3 is 12.1 Å². The van der Waals surface area contributed by atoms with E-state index in [1.165, 1.54) is 12.0 Å². The molecular weight excluding hydrogens is 480 g/mol. The van der Waals surface area contributed by atoms with Crippen molar-refractivity contribution in [2.75, 3.05) is 13.7 Å². The molecule has 11 nitrogen and oxygen atoms in total. The van der Waals surface area contributed by atoms with Crippen LogP contribution in [0.1, 0.15) is 64.6 Å². The molecule has 2 atom stereocenters. The lowest BCUT2D eigenvalue weighted by atomic mass is 9.96. The number of nitrogens with one attached hydrogen (secondary N) is 2. The number of carbonyl (C=O) groups is 5. The lowest BCUT2D eigenvalue weighted by Crippen LogP contribution is -2.55. The summed E-state index contributed by atoms with van der Waals surface area (Å²) in [6.45, 7) is 7.89. The molecule has 11 heteroatoms. The maximum absolute atomic E-state index is 13.9. The van der Waals surface area contributed by atoms with Crippen LogP contribution in [0, 0.1) is 12.3 Å². The molecule has 1 aromatic carbocycles. The van der Waals surface area contributed by atoms with E-state index in [1.54, 1.807) is 58.9 Å². The summed E-state index contributed by atoms with van der Waals surface area (Å²) in [6.07, 6.45) is 4.44. The van der Waals surface area contributed by atoms with E-state index >= 15 is 0 Å². The van der Waals surface area contributed by atoms with Crippen LogP contribution >= 0.6 is 0 Å². The minimum atomic E-state index is -1.28.